The number of anilines is 2. The molecule has 0 radical (unpaired) electrons. The number of benzene rings is 2. The van der Waals surface area contributed by atoms with Crippen LogP contribution in [0.5, 0.6) is 5.75 Å². The first-order chi connectivity index (χ1) is 18.2. The molecule has 0 bridgehead atoms. The summed E-state index contributed by atoms with van der Waals surface area (Å²) < 4.78 is 7.65. The fourth-order valence-corrected chi connectivity index (χ4v) is 4.07. The number of nitrogens with one attached hydrogen (secondary N) is 2. The van der Waals surface area contributed by atoms with Gasteiger partial charge in [0.2, 0.25) is 5.95 Å². The average Bonchev–Trinajstić information content (AvgIpc) is 3.65. The standard InChI is InChI=1S/C29H26N6O2/c36-28(31-23-12-13-23)21-6-10-24(11-7-21)32-29-33-27-26(5-3-18-35(27)34-29)20-8-14-25(15-9-20)37-19-16-22-4-1-2-17-30-22/h1-11,14-15,17-18,23H,12-13,16,19H2,(H,31,36)(H,32,34). The van der Waals surface area contributed by atoms with Crippen molar-refractivity contribution in [2.45, 2.75) is 25.3 Å². The molecule has 0 spiro atoms. The molecule has 184 valence electrons. The Bertz CT molecular complexity index is 1510. The molecule has 5 aromatic rings. The molecule has 1 saturated carbocycles. The lowest BCUT2D eigenvalue weighted by molar-refractivity contribution is 0.0951. The van der Waals surface area contributed by atoms with Crippen molar-refractivity contribution in [3.8, 4) is 16.9 Å². The SMILES string of the molecule is O=C(NC1CC1)c1ccc(Nc2nc3c(-c4ccc(OCCc5ccccn5)cc4)cccn3n2)cc1. The molecule has 6 rings (SSSR count). The number of pyridine rings is 2. The van der Waals surface area contributed by atoms with Crippen molar-refractivity contribution in [1.82, 2.24) is 24.9 Å². The van der Waals surface area contributed by atoms with Gasteiger partial charge in [-0.1, -0.05) is 18.2 Å². The summed E-state index contributed by atoms with van der Waals surface area (Å²) in [4.78, 5) is 21.3. The maximum absolute atomic E-state index is 12.2. The molecule has 1 aliphatic rings. The Morgan fingerprint density at radius 1 is 0.973 bits per heavy atom. The highest BCUT2D eigenvalue weighted by atomic mass is 16.5. The van der Waals surface area contributed by atoms with Crippen molar-refractivity contribution in [1.29, 1.82) is 0 Å². The summed E-state index contributed by atoms with van der Waals surface area (Å²) >= 11 is 0. The van der Waals surface area contributed by atoms with E-state index in [-0.39, 0.29) is 5.91 Å². The zero-order valence-electron chi connectivity index (χ0n) is 20.2. The number of amides is 1. The van der Waals surface area contributed by atoms with Crippen LogP contribution in [-0.4, -0.2) is 38.1 Å². The summed E-state index contributed by atoms with van der Waals surface area (Å²) in [5, 5.41) is 10.8. The number of carbonyl (C=O) groups is 1. The Labute approximate surface area is 214 Å². The van der Waals surface area contributed by atoms with Gasteiger partial charge in [-0.2, -0.15) is 4.98 Å². The molecule has 0 saturated heterocycles. The van der Waals surface area contributed by atoms with E-state index in [0.717, 1.165) is 53.2 Å². The van der Waals surface area contributed by atoms with Gasteiger partial charge in [0.25, 0.3) is 5.91 Å². The first kappa shape index (κ1) is 22.7. The topological polar surface area (TPSA) is 93.4 Å². The van der Waals surface area contributed by atoms with Gasteiger partial charge in [-0.05, 0) is 79.1 Å². The molecule has 0 aliphatic heterocycles. The van der Waals surface area contributed by atoms with Crippen LogP contribution < -0.4 is 15.4 Å². The van der Waals surface area contributed by atoms with Crippen LogP contribution in [0.4, 0.5) is 11.6 Å². The predicted molar refractivity (Wildman–Crippen MR) is 142 cm³/mol. The molecule has 1 fully saturated rings. The van der Waals surface area contributed by atoms with Gasteiger partial charge in [0.1, 0.15) is 5.75 Å². The maximum Gasteiger partial charge on any atom is 0.251 e. The normalized spacial score (nSPS) is 12.9. The molecule has 8 heteroatoms. The van der Waals surface area contributed by atoms with Crippen molar-refractivity contribution >= 4 is 23.2 Å². The number of nitrogens with zero attached hydrogens (tertiary/aromatic N) is 4. The monoisotopic (exact) mass is 490 g/mol. The van der Waals surface area contributed by atoms with E-state index >= 15 is 0 Å². The number of fused-ring (bicyclic) bond motifs is 1. The third-order valence-electron chi connectivity index (χ3n) is 6.20. The molecule has 37 heavy (non-hydrogen) atoms. The van der Waals surface area contributed by atoms with Crippen LogP contribution in [-0.2, 0) is 6.42 Å². The number of hydrogen-bond donors (Lipinski definition) is 2. The van der Waals surface area contributed by atoms with E-state index in [1.165, 1.54) is 0 Å². The fraction of sp³-hybridized carbons (Fsp3) is 0.172. The van der Waals surface area contributed by atoms with E-state index in [4.69, 9.17) is 9.72 Å². The summed E-state index contributed by atoms with van der Waals surface area (Å²) in [6.45, 7) is 0.567. The van der Waals surface area contributed by atoms with E-state index in [2.05, 4.69) is 20.7 Å². The zero-order valence-corrected chi connectivity index (χ0v) is 20.2. The Morgan fingerprint density at radius 2 is 1.81 bits per heavy atom. The van der Waals surface area contributed by atoms with Gasteiger partial charge in [0.05, 0.1) is 6.61 Å². The summed E-state index contributed by atoms with van der Waals surface area (Å²) in [6.07, 6.45) is 6.56. The van der Waals surface area contributed by atoms with E-state index in [9.17, 15) is 4.79 Å². The predicted octanol–water partition coefficient (Wildman–Crippen LogP) is 5.05. The van der Waals surface area contributed by atoms with Crippen LogP contribution in [0.25, 0.3) is 16.8 Å². The lowest BCUT2D eigenvalue weighted by Crippen LogP contribution is -2.25. The molecule has 3 aromatic heterocycles. The van der Waals surface area contributed by atoms with Crippen molar-refractivity contribution in [3.63, 3.8) is 0 Å². The largest absolute Gasteiger partial charge is 0.493 e. The molecular weight excluding hydrogens is 464 g/mol. The van der Waals surface area contributed by atoms with Gasteiger partial charge in [0.15, 0.2) is 5.65 Å². The molecular formula is C29H26N6O2. The molecule has 0 unspecified atom stereocenters. The second-order valence-corrected chi connectivity index (χ2v) is 9.02. The molecule has 2 aromatic carbocycles. The van der Waals surface area contributed by atoms with Crippen molar-refractivity contribution in [2.24, 2.45) is 0 Å². The van der Waals surface area contributed by atoms with E-state index in [0.29, 0.717) is 24.2 Å². The maximum atomic E-state index is 12.2. The first-order valence-corrected chi connectivity index (χ1v) is 12.4. The second-order valence-electron chi connectivity index (χ2n) is 9.02. The highest BCUT2D eigenvalue weighted by molar-refractivity contribution is 5.95. The van der Waals surface area contributed by atoms with Crippen molar-refractivity contribution < 1.29 is 9.53 Å². The van der Waals surface area contributed by atoms with Crippen LogP contribution in [0, 0.1) is 0 Å². The quantitative estimate of drug-likeness (QED) is 0.300. The lowest BCUT2D eigenvalue weighted by atomic mass is 10.1. The molecule has 1 amide bonds. The fourth-order valence-electron chi connectivity index (χ4n) is 4.07. The summed E-state index contributed by atoms with van der Waals surface area (Å²) in [7, 11) is 0. The van der Waals surface area contributed by atoms with Gasteiger partial charge in [-0.3, -0.25) is 9.78 Å². The van der Waals surface area contributed by atoms with E-state index in [1.807, 2.05) is 72.9 Å². The summed E-state index contributed by atoms with van der Waals surface area (Å²) in [5.41, 5.74) is 5.20. The van der Waals surface area contributed by atoms with Gasteiger partial charge in [-0.25, -0.2) is 4.52 Å². The molecule has 3 heterocycles. The minimum absolute atomic E-state index is 0.0332. The minimum atomic E-state index is -0.0332. The van der Waals surface area contributed by atoms with Gasteiger partial charge in [-0.15, -0.1) is 5.10 Å². The number of rotatable bonds is 9. The van der Waals surface area contributed by atoms with Crippen molar-refractivity contribution in [3.05, 3.63) is 103 Å². The Kier molecular flexibility index (Phi) is 6.21. The van der Waals surface area contributed by atoms with Crippen LogP contribution in [0.15, 0.2) is 91.3 Å². The first-order valence-electron chi connectivity index (χ1n) is 12.4. The average molecular weight is 491 g/mol. The Balaban J connectivity index is 1.13. The number of ether oxygens (including phenoxy) is 1. The third kappa shape index (κ3) is 5.43. The van der Waals surface area contributed by atoms with Crippen LogP contribution in [0.3, 0.4) is 0 Å². The summed E-state index contributed by atoms with van der Waals surface area (Å²) in [6, 6.07) is 25.5. The van der Waals surface area contributed by atoms with Gasteiger partial charge >= 0.3 is 0 Å². The lowest BCUT2D eigenvalue weighted by Gasteiger charge is -2.08. The molecule has 0 atom stereocenters. The smallest absolute Gasteiger partial charge is 0.251 e. The number of carbonyl (C=O) groups excluding carboxylic acids is 1. The van der Waals surface area contributed by atoms with Crippen molar-refractivity contribution in [2.75, 3.05) is 11.9 Å². The second kappa shape index (κ2) is 10.1. The zero-order chi connectivity index (χ0) is 25.0. The number of aromatic nitrogens is 4. The third-order valence-corrected chi connectivity index (χ3v) is 6.20. The van der Waals surface area contributed by atoms with Gasteiger partial charge in [0, 0.05) is 47.4 Å². The number of hydrogen-bond acceptors (Lipinski definition) is 6. The highest BCUT2D eigenvalue weighted by Crippen LogP contribution is 2.27. The van der Waals surface area contributed by atoms with Crippen LogP contribution in [0.2, 0.25) is 0 Å². The van der Waals surface area contributed by atoms with E-state index in [1.54, 1.807) is 22.8 Å². The molecule has 2 N–H and O–H groups in total. The van der Waals surface area contributed by atoms with Gasteiger partial charge < -0.3 is 15.4 Å². The Morgan fingerprint density at radius 3 is 2.57 bits per heavy atom. The van der Waals surface area contributed by atoms with Crippen LogP contribution >= 0.6 is 0 Å². The van der Waals surface area contributed by atoms with E-state index < -0.39 is 0 Å². The summed E-state index contributed by atoms with van der Waals surface area (Å²) in [5.74, 6) is 1.26. The molecule has 8 nitrogen and oxygen atoms in total. The minimum Gasteiger partial charge on any atom is -0.493 e. The highest BCUT2D eigenvalue weighted by Gasteiger charge is 2.23. The van der Waals surface area contributed by atoms with Crippen LogP contribution in [0.1, 0.15) is 28.9 Å². The molecule has 1 aliphatic carbocycles. The Hall–Kier alpha value is -4.72.